The van der Waals surface area contributed by atoms with Crippen molar-refractivity contribution < 1.29 is 14.0 Å². The predicted octanol–water partition coefficient (Wildman–Crippen LogP) is 5.24. The van der Waals surface area contributed by atoms with E-state index in [1.165, 1.54) is 24.3 Å². The molecule has 0 radical (unpaired) electrons. The minimum atomic E-state index is -0.332. The summed E-state index contributed by atoms with van der Waals surface area (Å²) < 4.78 is 14.5. The second-order valence-corrected chi connectivity index (χ2v) is 7.85. The van der Waals surface area contributed by atoms with Gasteiger partial charge in [0.1, 0.15) is 5.82 Å². The van der Waals surface area contributed by atoms with E-state index < -0.39 is 0 Å². The average Bonchev–Trinajstić information content (AvgIpc) is 3.09. The molecule has 3 rings (SSSR count). The van der Waals surface area contributed by atoms with Crippen molar-refractivity contribution >= 4 is 49.9 Å². The molecule has 144 valence electrons. The fraction of sp³-hybridized carbons (Fsp3) is 0.150. The first-order valence-electron chi connectivity index (χ1n) is 8.48. The molecule has 0 saturated carbocycles. The molecular weight excluding hydrogens is 445 g/mol. The monoisotopic (exact) mass is 461 g/mol. The zero-order valence-electron chi connectivity index (χ0n) is 15.0. The molecule has 0 saturated heterocycles. The molecule has 0 spiro atoms. The van der Waals surface area contributed by atoms with Gasteiger partial charge in [-0.1, -0.05) is 34.1 Å². The number of benzene rings is 2. The number of nitrogens with one attached hydrogen (secondary N) is 2. The first-order valence-corrected chi connectivity index (χ1v) is 10.2. The van der Waals surface area contributed by atoms with E-state index in [0.29, 0.717) is 27.3 Å². The molecule has 0 aliphatic carbocycles. The van der Waals surface area contributed by atoms with Gasteiger partial charge in [-0.3, -0.25) is 9.59 Å². The molecule has 2 N–H and O–H groups in total. The van der Waals surface area contributed by atoms with Crippen molar-refractivity contribution in [2.24, 2.45) is 0 Å². The lowest BCUT2D eigenvalue weighted by Gasteiger charge is -2.04. The Morgan fingerprint density at radius 2 is 1.89 bits per heavy atom. The maximum atomic E-state index is 13.8. The quantitative estimate of drug-likeness (QED) is 0.526. The first-order chi connectivity index (χ1) is 13.4. The SMILES string of the molecule is CC(=O)Nc1ccc(-c2csc(NC(=O)CCc3ccc(Br)cc3F)n2)cc1. The Labute approximate surface area is 174 Å². The Hall–Kier alpha value is -2.58. The van der Waals surface area contributed by atoms with Crippen LogP contribution in [0.2, 0.25) is 0 Å². The van der Waals surface area contributed by atoms with Gasteiger partial charge in [-0.25, -0.2) is 9.37 Å². The van der Waals surface area contributed by atoms with E-state index in [2.05, 4.69) is 31.5 Å². The number of hydrogen-bond donors (Lipinski definition) is 2. The number of aryl methyl sites for hydroxylation is 1. The third kappa shape index (κ3) is 5.46. The predicted molar refractivity (Wildman–Crippen MR) is 113 cm³/mol. The zero-order chi connectivity index (χ0) is 20.1. The van der Waals surface area contributed by atoms with E-state index in [4.69, 9.17) is 0 Å². The summed E-state index contributed by atoms with van der Waals surface area (Å²) in [5.41, 5.74) is 2.81. The summed E-state index contributed by atoms with van der Waals surface area (Å²) in [6, 6.07) is 12.1. The van der Waals surface area contributed by atoms with Crippen LogP contribution in [0.4, 0.5) is 15.2 Å². The number of aromatic nitrogens is 1. The van der Waals surface area contributed by atoms with E-state index in [9.17, 15) is 14.0 Å². The van der Waals surface area contributed by atoms with E-state index in [-0.39, 0.29) is 24.1 Å². The Kier molecular flexibility index (Phi) is 6.53. The highest BCUT2D eigenvalue weighted by atomic mass is 79.9. The molecule has 0 unspecified atom stereocenters. The molecule has 2 aromatic carbocycles. The lowest BCUT2D eigenvalue weighted by atomic mass is 10.1. The molecule has 0 bridgehead atoms. The van der Waals surface area contributed by atoms with Gasteiger partial charge >= 0.3 is 0 Å². The molecule has 5 nitrogen and oxygen atoms in total. The summed E-state index contributed by atoms with van der Waals surface area (Å²) >= 11 is 4.53. The maximum Gasteiger partial charge on any atom is 0.226 e. The highest BCUT2D eigenvalue weighted by molar-refractivity contribution is 9.10. The molecule has 1 aromatic heterocycles. The van der Waals surface area contributed by atoms with Crippen molar-refractivity contribution in [3.8, 4) is 11.3 Å². The highest BCUT2D eigenvalue weighted by Crippen LogP contribution is 2.26. The fourth-order valence-electron chi connectivity index (χ4n) is 2.55. The molecule has 28 heavy (non-hydrogen) atoms. The number of amides is 2. The van der Waals surface area contributed by atoms with Crippen molar-refractivity contribution in [3.05, 3.63) is 63.7 Å². The summed E-state index contributed by atoms with van der Waals surface area (Å²) in [7, 11) is 0. The van der Waals surface area contributed by atoms with E-state index in [1.807, 2.05) is 17.5 Å². The molecule has 3 aromatic rings. The molecule has 0 atom stereocenters. The molecule has 8 heteroatoms. The van der Waals surface area contributed by atoms with E-state index in [1.54, 1.807) is 24.3 Å². The molecule has 0 fully saturated rings. The van der Waals surface area contributed by atoms with Crippen LogP contribution < -0.4 is 10.6 Å². The number of halogens is 2. The van der Waals surface area contributed by atoms with Crippen molar-refractivity contribution in [2.75, 3.05) is 10.6 Å². The van der Waals surface area contributed by atoms with Crippen molar-refractivity contribution in [2.45, 2.75) is 19.8 Å². The third-order valence-corrected chi connectivity index (χ3v) is 5.14. The van der Waals surface area contributed by atoms with Gasteiger partial charge in [0, 0.05) is 34.4 Å². The van der Waals surface area contributed by atoms with Gasteiger partial charge in [0.25, 0.3) is 0 Å². The lowest BCUT2D eigenvalue weighted by Crippen LogP contribution is -2.12. The number of carbonyl (C=O) groups is 2. The summed E-state index contributed by atoms with van der Waals surface area (Å²) in [5.74, 6) is -0.680. The minimum Gasteiger partial charge on any atom is -0.326 e. The largest absolute Gasteiger partial charge is 0.326 e. The van der Waals surface area contributed by atoms with Gasteiger partial charge in [0.05, 0.1) is 5.69 Å². The lowest BCUT2D eigenvalue weighted by molar-refractivity contribution is -0.116. The number of rotatable bonds is 6. The normalized spacial score (nSPS) is 10.5. The van der Waals surface area contributed by atoms with Crippen LogP contribution in [0.5, 0.6) is 0 Å². The van der Waals surface area contributed by atoms with Crippen LogP contribution >= 0.6 is 27.3 Å². The standard InChI is InChI=1S/C20H17BrFN3O2S/c1-12(26)23-16-7-3-14(4-8-16)18-11-28-20(24-18)25-19(27)9-5-13-2-6-15(21)10-17(13)22/h2-4,6-8,10-11H,5,9H2,1H3,(H,23,26)(H,24,25,27). The zero-order valence-corrected chi connectivity index (χ0v) is 17.4. The number of thiazole rings is 1. The van der Waals surface area contributed by atoms with Crippen LogP contribution in [-0.2, 0) is 16.0 Å². The van der Waals surface area contributed by atoms with Crippen LogP contribution in [0.3, 0.4) is 0 Å². The van der Waals surface area contributed by atoms with Gasteiger partial charge in [-0.05, 0) is 36.2 Å². The van der Waals surface area contributed by atoms with Gasteiger partial charge in [-0.15, -0.1) is 11.3 Å². The van der Waals surface area contributed by atoms with Crippen molar-refractivity contribution in [3.63, 3.8) is 0 Å². The number of hydrogen-bond acceptors (Lipinski definition) is 4. The molecular formula is C20H17BrFN3O2S. The Morgan fingerprint density at radius 3 is 2.57 bits per heavy atom. The highest BCUT2D eigenvalue weighted by Gasteiger charge is 2.10. The van der Waals surface area contributed by atoms with E-state index in [0.717, 1.165) is 11.3 Å². The third-order valence-electron chi connectivity index (χ3n) is 3.89. The van der Waals surface area contributed by atoms with Crippen LogP contribution in [0, 0.1) is 5.82 Å². The van der Waals surface area contributed by atoms with Crippen LogP contribution in [-0.4, -0.2) is 16.8 Å². The van der Waals surface area contributed by atoms with Gasteiger partial charge in [-0.2, -0.15) is 0 Å². The fourth-order valence-corrected chi connectivity index (χ4v) is 3.61. The van der Waals surface area contributed by atoms with Crippen LogP contribution in [0.1, 0.15) is 18.9 Å². The maximum absolute atomic E-state index is 13.8. The second-order valence-electron chi connectivity index (χ2n) is 6.08. The van der Waals surface area contributed by atoms with Gasteiger partial charge in [0.2, 0.25) is 11.8 Å². The summed E-state index contributed by atoms with van der Waals surface area (Å²) in [6.07, 6.45) is 0.479. The topological polar surface area (TPSA) is 71.1 Å². The Balaban J connectivity index is 1.57. The smallest absolute Gasteiger partial charge is 0.226 e. The molecule has 1 heterocycles. The summed E-state index contributed by atoms with van der Waals surface area (Å²) in [5, 5.41) is 7.79. The second kappa shape index (κ2) is 9.07. The number of carbonyl (C=O) groups excluding carboxylic acids is 2. The van der Waals surface area contributed by atoms with Crippen molar-refractivity contribution in [1.29, 1.82) is 0 Å². The number of anilines is 2. The first kappa shape index (κ1) is 20.2. The minimum absolute atomic E-state index is 0.130. The Bertz CT molecular complexity index is 1000. The average molecular weight is 462 g/mol. The summed E-state index contributed by atoms with van der Waals surface area (Å²) in [6.45, 7) is 1.45. The van der Waals surface area contributed by atoms with Gasteiger partial charge in [0.15, 0.2) is 5.13 Å². The molecule has 2 amide bonds. The summed E-state index contributed by atoms with van der Waals surface area (Å²) in [4.78, 5) is 27.6. The van der Waals surface area contributed by atoms with Gasteiger partial charge < -0.3 is 10.6 Å². The Morgan fingerprint density at radius 1 is 1.14 bits per heavy atom. The number of nitrogens with zero attached hydrogens (tertiary/aromatic N) is 1. The van der Waals surface area contributed by atoms with E-state index >= 15 is 0 Å². The molecule has 0 aliphatic rings. The van der Waals surface area contributed by atoms with Crippen molar-refractivity contribution in [1.82, 2.24) is 4.98 Å². The van der Waals surface area contributed by atoms with Crippen LogP contribution in [0.15, 0.2) is 52.3 Å². The molecule has 0 aliphatic heterocycles. The van der Waals surface area contributed by atoms with Crippen LogP contribution in [0.25, 0.3) is 11.3 Å².